The van der Waals surface area contributed by atoms with Gasteiger partial charge in [0.05, 0.1) is 4.91 Å². The van der Waals surface area contributed by atoms with E-state index in [1.54, 1.807) is 18.3 Å². The summed E-state index contributed by atoms with van der Waals surface area (Å²) in [6, 6.07) is 11.1. The van der Waals surface area contributed by atoms with Gasteiger partial charge >= 0.3 is 0 Å². The molecular weight excluding hydrogens is 348 g/mol. The highest BCUT2D eigenvalue weighted by atomic mass is 32.2. The van der Waals surface area contributed by atoms with Crippen molar-refractivity contribution >= 4 is 15.8 Å². The molecule has 1 N–H and O–H groups in total. The number of nitrogens with zero attached hydrogens (tertiary/aromatic N) is 1. The fourth-order valence-electron chi connectivity index (χ4n) is 2.52. The molecule has 1 aromatic carbocycles. The standard InChI is InChI=1S/C20H22N2O3S.H2/c1-15(2)16-13-19(25-17-9-5-3-6-10-17)20(21-14-16)22-26(23,24)18-11-7-4-8-12-18;/h3,5-7,9-15H,4,8H2,1-2H3,(H,21,22);1H. The van der Waals surface area contributed by atoms with Crippen LogP contribution in [-0.4, -0.2) is 13.4 Å². The van der Waals surface area contributed by atoms with Gasteiger partial charge in [-0.2, -0.15) is 0 Å². The maximum absolute atomic E-state index is 12.7. The van der Waals surface area contributed by atoms with E-state index in [0.717, 1.165) is 12.0 Å². The Hall–Kier alpha value is -2.60. The van der Waals surface area contributed by atoms with Crippen LogP contribution < -0.4 is 9.46 Å². The number of pyridine rings is 1. The minimum atomic E-state index is -3.70. The third kappa shape index (κ3) is 4.32. The average molecular weight is 372 g/mol. The highest BCUT2D eigenvalue weighted by Gasteiger charge is 2.20. The Morgan fingerprint density at radius 2 is 1.96 bits per heavy atom. The largest absolute Gasteiger partial charge is 0.453 e. The first-order valence-electron chi connectivity index (χ1n) is 8.58. The lowest BCUT2D eigenvalue weighted by atomic mass is 10.1. The number of anilines is 1. The van der Waals surface area contributed by atoms with Gasteiger partial charge in [-0.25, -0.2) is 13.4 Å². The number of nitrogens with one attached hydrogen (secondary N) is 1. The smallest absolute Gasteiger partial charge is 0.262 e. The van der Waals surface area contributed by atoms with Crippen LogP contribution in [0, 0.1) is 0 Å². The minimum Gasteiger partial charge on any atom is -0.453 e. The normalized spacial score (nSPS) is 14.2. The van der Waals surface area contributed by atoms with Crippen LogP contribution in [0.2, 0.25) is 0 Å². The summed E-state index contributed by atoms with van der Waals surface area (Å²) < 4.78 is 33.8. The van der Waals surface area contributed by atoms with E-state index in [2.05, 4.69) is 9.71 Å². The number of hydrogen-bond acceptors (Lipinski definition) is 4. The number of para-hydroxylation sites is 1. The summed E-state index contributed by atoms with van der Waals surface area (Å²) in [5.41, 5.74) is 0.968. The first-order valence-corrected chi connectivity index (χ1v) is 10.1. The molecule has 138 valence electrons. The zero-order valence-corrected chi connectivity index (χ0v) is 15.7. The molecule has 0 fully saturated rings. The third-order valence-corrected chi connectivity index (χ3v) is 5.40. The van der Waals surface area contributed by atoms with Crippen LogP contribution in [-0.2, 0) is 10.0 Å². The van der Waals surface area contributed by atoms with Gasteiger partial charge in [-0.3, -0.25) is 4.72 Å². The monoisotopic (exact) mass is 372 g/mol. The van der Waals surface area contributed by atoms with Crippen LogP contribution in [0.4, 0.5) is 5.82 Å². The Morgan fingerprint density at radius 1 is 1.19 bits per heavy atom. The maximum atomic E-state index is 12.7. The van der Waals surface area contributed by atoms with Crippen molar-refractivity contribution in [3.8, 4) is 11.5 Å². The molecule has 0 radical (unpaired) electrons. The molecule has 3 rings (SSSR count). The molecule has 1 aliphatic rings. The number of ether oxygens (including phenoxy) is 1. The molecule has 0 spiro atoms. The number of aromatic nitrogens is 1. The third-order valence-electron chi connectivity index (χ3n) is 4.01. The van der Waals surface area contributed by atoms with Crippen molar-refractivity contribution in [3.05, 3.63) is 71.3 Å². The quantitative estimate of drug-likeness (QED) is 0.755. The van der Waals surface area contributed by atoms with Crippen molar-refractivity contribution in [1.29, 1.82) is 0 Å². The van der Waals surface area contributed by atoms with E-state index >= 15 is 0 Å². The molecule has 1 aromatic heterocycles. The molecule has 6 heteroatoms. The first kappa shape index (κ1) is 18.2. The summed E-state index contributed by atoms with van der Waals surface area (Å²) in [4.78, 5) is 4.56. The van der Waals surface area contributed by atoms with Crippen molar-refractivity contribution in [3.63, 3.8) is 0 Å². The van der Waals surface area contributed by atoms with E-state index in [9.17, 15) is 8.42 Å². The highest BCUT2D eigenvalue weighted by molar-refractivity contribution is 7.96. The van der Waals surface area contributed by atoms with Gasteiger partial charge in [-0.1, -0.05) is 44.2 Å². The van der Waals surface area contributed by atoms with E-state index in [4.69, 9.17) is 4.74 Å². The molecule has 1 aliphatic carbocycles. The van der Waals surface area contributed by atoms with Gasteiger partial charge in [0.25, 0.3) is 10.0 Å². The molecule has 26 heavy (non-hydrogen) atoms. The van der Waals surface area contributed by atoms with E-state index < -0.39 is 10.0 Å². The van der Waals surface area contributed by atoms with Gasteiger partial charge in [0.15, 0.2) is 11.6 Å². The molecule has 0 bridgehead atoms. The van der Waals surface area contributed by atoms with Crippen molar-refractivity contribution in [2.24, 2.45) is 0 Å². The zero-order valence-electron chi connectivity index (χ0n) is 14.8. The van der Waals surface area contributed by atoms with Crippen LogP contribution in [0.3, 0.4) is 0 Å². The molecule has 0 atom stereocenters. The van der Waals surface area contributed by atoms with E-state index in [1.807, 2.05) is 56.3 Å². The molecule has 0 aliphatic heterocycles. The highest BCUT2D eigenvalue weighted by Crippen LogP contribution is 2.32. The van der Waals surface area contributed by atoms with Gasteiger partial charge in [0.1, 0.15) is 5.75 Å². The Bertz CT molecular complexity index is 939. The predicted molar refractivity (Wildman–Crippen MR) is 106 cm³/mol. The Kier molecular flexibility index (Phi) is 5.42. The molecule has 0 saturated carbocycles. The van der Waals surface area contributed by atoms with Gasteiger partial charge < -0.3 is 4.74 Å². The van der Waals surface area contributed by atoms with Crippen LogP contribution >= 0.6 is 0 Å². The number of rotatable bonds is 6. The topological polar surface area (TPSA) is 68.3 Å². The van der Waals surface area contributed by atoms with E-state index in [0.29, 0.717) is 17.9 Å². The summed E-state index contributed by atoms with van der Waals surface area (Å²) >= 11 is 0. The molecule has 2 aromatic rings. The minimum absolute atomic E-state index is 0. The fraction of sp³-hybridized carbons (Fsp3) is 0.250. The molecule has 1 heterocycles. The molecule has 0 amide bonds. The Morgan fingerprint density at radius 3 is 2.62 bits per heavy atom. The number of hydrogen-bond donors (Lipinski definition) is 1. The van der Waals surface area contributed by atoms with Gasteiger partial charge in [0, 0.05) is 7.62 Å². The predicted octanol–water partition coefficient (Wildman–Crippen LogP) is 5.22. The second kappa shape index (κ2) is 7.74. The lowest BCUT2D eigenvalue weighted by Gasteiger charge is -2.16. The van der Waals surface area contributed by atoms with Crippen molar-refractivity contribution in [1.82, 2.24) is 4.98 Å². The number of sulfonamides is 1. The van der Waals surface area contributed by atoms with Gasteiger partial charge in [-0.15, -0.1) is 0 Å². The van der Waals surface area contributed by atoms with Crippen molar-refractivity contribution in [2.75, 3.05) is 4.72 Å². The average Bonchev–Trinajstić information content (AvgIpc) is 2.64. The van der Waals surface area contributed by atoms with Crippen molar-refractivity contribution in [2.45, 2.75) is 32.6 Å². The summed E-state index contributed by atoms with van der Waals surface area (Å²) in [7, 11) is -3.70. The number of allylic oxidation sites excluding steroid dienone is 3. The number of benzene rings is 1. The van der Waals surface area contributed by atoms with Crippen LogP contribution in [0.5, 0.6) is 11.5 Å². The second-order valence-electron chi connectivity index (χ2n) is 6.38. The first-order chi connectivity index (χ1) is 12.5. The second-order valence-corrected chi connectivity index (χ2v) is 8.06. The fourth-order valence-corrected chi connectivity index (χ4v) is 3.66. The summed E-state index contributed by atoms with van der Waals surface area (Å²) in [5.74, 6) is 1.42. The van der Waals surface area contributed by atoms with Crippen LogP contribution in [0.1, 0.15) is 39.6 Å². The zero-order chi connectivity index (χ0) is 18.6. The molecular formula is C20H24N2O3S. The summed E-state index contributed by atoms with van der Waals surface area (Å²) in [6.07, 6.45) is 8.41. The summed E-state index contributed by atoms with van der Waals surface area (Å²) in [5, 5.41) is 0. The SMILES string of the molecule is CC(C)c1cnc(NS(=O)(=O)C2=CCCC=C2)c(Oc2ccccc2)c1.[HH]. The van der Waals surface area contributed by atoms with Crippen LogP contribution in [0.15, 0.2) is 65.7 Å². The molecule has 0 unspecified atom stereocenters. The lowest BCUT2D eigenvalue weighted by Crippen LogP contribution is -2.16. The van der Waals surface area contributed by atoms with E-state index in [1.165, 1.54) is 0 Å². The van der Waals surface area contributed by atoms with Crippen molar-refractivity contribution < 1.29 is 14.6 Å². The van der Waals surface area contributed by atoms with Gasteiger partial charge in [0.2, 0.25) is 0 Å². The van der Waals surface area contributed by atoms with E-state index in [-0.39, 0.29) is 18.1 Å². The lowest BCUT2D eigenvalue weighted by molar-refractivity contribution is 0.481. The molecule has 0 saturated heterocycles. The molecule has 5 nitrogen and oxygen atoms in total. The Labute approximate surface area is 156 Å². The van der Waals surface area contributed by atoms with Gasteiger partial charge in [-0.05, 0) is 48.6 Å². The summed E-state index contributed by atoms with van der Waals surface area (Å²) in [6.45, 7) is 4.09. The maximum Gasteiger partial charge on any atom is 0.262 e. The van der Waals surface area contributed by atoms with Crippen LogP contribution in [0.25, 0.3) is 0 Å². The Balaban J connectivity index is 0.00000261.